The van der Waals surface area contributed by atoms with E-state index in [9.17, 15) is 0 Å². The summed E-state index contributed by atoms with van der Waals surface area (Å²) in [6, 6.07) is 0. The fraction of sp³-hybridized carbons (Fsp3) is 0.857. The summed E-state index contributed by atoms with van der Waals surface area (Å²) < 4.78 is 31.6. The summed E-state index contributed by atoms with van der Waals surface area (Å²) >= 11 is 0. The van der Waals surface area contributed by atoms with Crippen molar-refractivity contribution in [3.63, 3.8) is 0 Å². The molecule has 0 bridgehead atoms. The summed E-state index contributed by atoms with van der Waals surface area (Å²) in [5, 5.41) is 0. The van der Waals surface area contributed by atoms with Crippen molar-refractivity contribution >= 4 is 16.4 Å². The van der Waals surface area contributed by atoms with Crippen LogP contribution >= 0.6 is 0 Å². The van der Waals surface area contributed by atoms with E-state index in [0.717, 1.165) is 25.6 Å². The highest BCUT2D eigenvalue weighted by atomic mass is 32.3. The summed E-state index contributed by atoms with van der Waals surface area (Å²) in [6.45, 7) is 4.98. The van der Waals surface area contributed by atoms with Gasteiger partial charge >= 0.3 is 10.4 Å². The van der Waals surface area contributed by atoms with Crippen LogP contribution in [0.1, 0.15) is 19.8 Å². The molecule has 0 aromatic carbocycles. The zero-order valence-electron chi connectivity index (χ0n) is 8.63. The maximum absolute atomic E-state index is 8.74. The lowest BCUT2D eigenvalue weighted by atomic mass is 10.4. The Balaban J connectivity index is 0.000000336. The summed E-state index contributed by atoms with van der Waals surface area (Å²) in [6.07, 6.45) is 2.53. The van der Waals surface area contributed by atoms with Crippen LogP contribution in [0.5, 0.6) is 0 Å². The Morgan fingerprint density at radius 2 is 1.80 bits per heavy atom. The van der Waals surface area contributed by atoms with Gasteiger partial charge in [-0.05, 0) is 19.8 Å². The first kappa shape index (κ1) is 14.1. The van der Waals surface area contributed by atoms with E-state index in [1.807, 2.05) is 6.92 Å². The molecule has 0 amide bonds. The predicted molar refractivity (Wildman–Crippen MR) is 57.1 cm³/mol. The van der Waals surface area contributed by atoms with E-state index < -0.39 is 10.4 Å². The van der Waals surface area contributed by atoms with Crippen LogP contribution in [0.2, 0.25) is 0 Å². The zero-order chi connectivity index (χ0) is 11.9. The maximum Gasteiger partial charge on any atom is 0.394 e. The number of aliphatic imine (C=N–C) groups is 1. The lowest BCUT2D eigenvalue weighted by Gasteiger charge is -2.14. The predicted octanol–water partition coefficient (Wildman–Crippen LogP) is -0.236. The van der Waals surface area contributed by atoms with Crippen LogP contribution in [0.3, 0.4) is 0 Å². The van der Waals surface area contributed by atoms with E-state index in [-0.39, 0.29) is 0 Å². The highest BCUT2D eigenvalue weighted by molar-refractivity contribution is 7.79. The Bertz CT molecular complexity index is 287. The quantitative estimate of drug-likeness (QED) is 0.330. The van der Waals surface area contributed by atoms with Crippen LogP contribution in [-0.2, 0) is 10.4 Å². The first-order valence-electron chi connectivity index (χ1n) is 4.59. The summed E-state index contributed by atoms with van der Waals surface area (Å²) in [7, 11) is -4.67. The van der Waals surface area contributed by atoms with E-state index >= 15 is 0 Å². The molecule has 0 aliphatic carbocycles. The van der Waals surface area contributed by atoms with Gasteiger partial charge in [-0.15, -0.1) is 0 Å². The lowest BCUT2D eigenvalue weighted by Crippen LogP contribution is -2.34. The normalized spacial score (nSPS) is 17.3. The van der Waals surface area contributed by atoms with E-state index in [1.54, 1.807) is 0 Å². The van der Waals surface area contributed by atoms with Gasteiger partial charge in [0.05, 0.1) is 0 Å². The van der Waals surface area contributed by atoms with Gasteiger partial charge < -0.3 is 10.6 Å². The van der Waals surface area contributed by atoms with Crippen LogP contribution in [0, 0.1) is 0 Å². The smallest absolute Gasteiger partial charge is 0.370 e. The minimum atomic E-state index is -4.67. The van der Waals surface area contributed by atoms with E-state index in [2.05, 4.69) is 9.89 Å². The average Bonchev–Trinajstić information content (AvgIpc) is 2.52. The molecule has 0 atom stereocenters. The van der Waals surface area contributed by atoms with Crippen LogP contribution in [0.25, 0.3) is 0 Å². The summed E-state index contributed by atoms with van der Waals surface area (Å²) in [5.41, 5.74) is 5.67. The molecule has 0 radical (unpaired) electrons. The summed E-state index contributed by atoms with van der Waals surface area (Å²) in [4.78, 5) is 6.27. The van der Waals surface area contributed by atoms with Crippen LogP contribution < -0.4 is 5.73 Å². The number of likely N-dealkylation sites (tertiary alicyclic amines) is 1. The van der Waals surface area contributed by atoms with Gasteiger partial charge in [0.1, 0.15) is 0 Å². The molecule has 1 aliphatic heterocycles. The molecule has 8 heteroatoms. The van der Waals surface area contributed by atoms with Crippen molar-refractivity contribution in [2.24, 2.45) is 10.7 Å². The van der Waals surface area contributed by atoms with Gasteiger partial charge in [0, 0.05) is 19.6 Å². The molecule has 15 heavy (non-hydrogen) atoms. The van der Waals surface area contributed by atoms with Gasteiger partial charge in [0.2, 0.25) is 0 Å². The molecule has 1 heterocycles. The molecule has 7 nitrogen and oxygen atoms in total. The second kappa shape index (κ2) is 6.59. The number of nitrogens with two attached hydrogens (primary N) is 1. The monoisotopic (exact) mass is 239 g/mol. The van der Waals surface area contributed by atoms with Crippen molar-refractivity contribution in [2.45, 2.75) is 19.8 Å². The Morgan fingerprint density at radius 1 is 1.40 bits per heavy atom. The first-order chi connectivity index (χ1) is 6.84. The zero-order valence-corrected chi connectivity index (χ0v) is 9.44. The maximum atomic E-state index is 8.74. The molecule has 1 saturated heterocycles. The van der Waals surface area contributed by atoms with E-state index in [4.69, 9.17) is 23.3 Å². The van der Waals surface area contributed by atoms with Gasteiger partial charge in [-0.2, -0.15) is 8.42 Å². The topological polar surface area (TPSA) is 116 Å². The minimum Gasteiger partial charge on any atom is -0.370 e. The second-order valence-electron chi connectivity index (χ2n) is 2.97. The standard InChI is InChI=1S/C7H15N3.H2O4S/c1-2-9-7(8)10-5-3-4-6-10;1-5(2,3)4/h2-6H2,1H3,(H2,8,9);(H2,1,2,3,4). The Hall–Kier alpha value is -0.860. The Morgan fingerprint density at radius 3 is 2.13 bits per heavy atom. The van der Waals surface area contributed by atoms with Crippen molar-refractivity contribution < 1.29 is 17.5 Å². The van der Waals surface area contributed by atoms with Crippen LogP contribution in [0.4, 0.5) is 0 Å². The number of hydrogen-bond donors (Lipinski definition) is 3. The highest BCUT2D eigenvalue weighted by Gasteiger charge is 2.12. The SMILES string of the molecule is CC/N=C(\N)N1CCCC1.O=S(=O)(O)O. The molecule has 0 spiro atoms. The molecule has 90 valence electrons. The van der Waals surface area contributed by atoms with Gasteiger partial charge in [0.25, 0.3) is 0 Å². The van der Waals surface area contributed by atoms with Gasteiger partial charge in [-0.1, -0.05) is 0 Å². The van der Waals surface area contributed by atoms with Crippen LogP contribution in [-0.4, -0.2) is 48.0 Å². The molecule has 0 aromatic heterocycles. The molecule has 1 rings (SSSR count). The van der Waals surface area contributed by atoms with Gasteiger partial charge in [0.15, 0.2) is 5.96 Å². The molecule has 1 aliphatic rings. The fourth-order valence-electron chi connectivity index (χ4n) is 1.21. The number of guanidine groups is 1. The molecule has 0 aromatic rings. The van der Waals surface area contributed by atoms with Crippen molar-refractivity contribution in [3.05, 3.63) is 0 Å². The number of rotatable bonds is 1. The first-order valence-corrected chi connectivity index (χ1v) is 5.99. The van der Waals surface area contributed by atoms with Crippen LogP contribution in [0.15, 0.2) is 4.99 Å². The molecule has 0 saturated carbocycles. The summed E-state index contributed by atoms with van der Waals surface area (Å²) in [5.74, 6) is 0.722. The average molecular weight is 239 g/mol. The molecular weight excluding hydrogens is 222 g/mol. The highest BCUT2D eigenvalue weighted by Crippen LogP contribution is 2.05. The van der Waals surface area contributed by atoms with Crippen molar-refractivity contribution in [2.75, 3.05) is 19.6 Å². The Kier molecular flexibility index (Phi) is 6.21. The molecular formula is C7H17N3O4S. The molecule has 0 unspecified atom stereocenters. The van der Waals surface area contributed by atoms with E-state index in [1.165, 1.54) is 12.8 Å². The lowest BCUT2D eigenvalue weighted by molar-refractivity contribution is 0.381. The molecule has 1 fully saturated rings. The largest absolute Gasteiger partial charge is 0.394 e. The van der Waals surface area contributed by atoms with Gasteiger partial charge in [-0.25, -0.2) is 0 Å². The number of hydrogen-bond acceptors (Lipinski definition) is 3. The number of nitrogens with zero attached hydrogens (tertiary/aromatic N) is 2. The Labute approximate surface area is 89.6 Å². The third-order valence-electron chi connectivity index (χ3n) is 1.75. The van der Waals surface area contributed by atoms with Crippen molar-refractivity contribution in [1.29, 1.82) is 0 Å². The van der Waals surface area contributed by atoms with E-state index in [0.29, 0.717) is 0 Å². The fourth-order valence-corrected chi connectivity index (χ4v) is 1.21. The minimum absolute atomic E-state index is 0.722. The second-order valence-corrected chi connectivity index (χ2v) is 3.87. The van der Waals surface area contributed by atoms with Crippen molar-refractivity contribution in [3.8, 4) is 0 Å². The third kappa shape index (κ3) is 9.44. The third-order valence-corrected chi connectivity index (χ3v) is 1.75. The van der Waals surface area contributed by atoms with Gasteiger partial charge in [-0.3, -0.25) is 14.1 Å². The van der Waals surface area contributed by atoms with Crippen molar-refractivity contribution in [1.82, 2.24) is 4.90 Å². The molecule has 4 N–H and O–H groups in total.